The van der Waals surface area contributed by atoms with E-state index >= 15 is 0 Å². The summed E-state index contributed by atoms with van der Waals surface area (Å²) in [5.74, 6) is 0. The maximum absolute atomic E-state index is 12.8. The Morgan fingerprint density at radius 3 is 1.12 bits per heavy atom. The summed E-state index contributed by atoms with van der Waals surface area (Å²) >= 11 is 0. The van der Waals surface area contributed by atoms with Gasteiger partial charge in [-0.3, -0.25) is 0 Å². The highest BCUT2D eigenvalue weighted by Crippen LogP contribution is 2.45. The monoisotopic (exact) mass is 558 g/mol. The van der Waals surface area contributed by atoms with E-state index in [0.717, 1.165) is 10.9 Å². The lowest BCUT2D eigenvalue weighted by molar-refractivity contribution is 0.588. The van der Waals surface area contributed by atoms with Crippen LogP contribution in [0.5, 0.6) is 0 Å². The summed E-state index contributed by atoms with van der Waals surface area (Å²) in [6.45, 7) is 3.66. The third-order valence-corrected chi connectivity index (χ3v) is 9.69. The molecule has 0 aliphatic carbocycles. The van der Waals surface area contributed by atoms with Gasteiger partial charge in [-0.25, -0.2) is 0 Å². The lowest BCUT2D eigenvalue weighted by Gasteiger charge is -2.19. The van der Waals surface area contributed by atoms with Gasteiger partial charge in [-0.2, -0.15) is 0 Å². The average Bonchev–Trinajstić information content (AvgIpc) is 3.04. The van der Waals surface area contributed by atoms with E-state index in [0.29, 0.717) is 0 Å². The summed E-state index contributed by atoms with van der Waals surface area (Å²) in [5, 5.41) is 5.76. The largest absolute Gasteiger partial charge is 0.319 e. The van der Waals surface area contributed by atoms with Gasteiger partial charge in [0.2, 0.25) is 0 Å². The molecule has 0 N–H and O–H groups in total. The van der Waals surface area contributed by atoms with E-state index in [2.05, 4.69) is 140 Å². The molecular weight excluding hydrogens is 527 g/mol. The first-order valence-electron chi connectivity index (χ1n) is 14.3. The maximum Gasteiger partial charge on any atom is 0.109 e. The molecule has 0 aliphatic rings. The van der Waals surface area contributed by atoms with Gasteiger partial charge in [-0.15, -0.1) is 0 Å². The van der Waals surface area contributed by atoms with Crippen LogP contribution in [0.15, 0.2) is 152 Å². The van der Waals surface area contributed by atoms with Gasteiger partial charge in [0.05, 0.1) is 0 Å². The molecule has 0 saturated heterocycles. The second-order valence-electron chi connectivity index (χ2n) is 11.3. The van der Waals surface area contributed by atoms with Crippen LogP contribution >= 0.6 is 7.14 Å². The second-order valence-corrected chi connectivity index (χ2v) is 14.5. The molecule has 0 unspecified atom stereocenters. The Bertz CT molecular complexity index is 1990. The highest BCUT2D eigenvalue weighted by Gasteiger charge is 2.18. The van der Waals surface area contributed by atoms with Crippen LogP contribution in [0, 0.1) is 0 Å². The van der Waals surface area contributed by atoms with Crippen LogP contribution in [-0.2, 0) is 4.57 Å². The predicted molar refractivity (Wildman–Crippen MR) is 182 cm³/mol. The normalized spacial score (nSPS) is 11.7. The lowest BCUT2D eigenvalue weighted by Crippen LogP contribution is -2.01. The standard InChI is InChI=1S/C40H31OP/c1-42(2,41)34-23-21-30(22-24-34)39-35-17-9-11-19-37(35)40(38-20-12-10-18-36(38)39)33-26-31(28-13-5-3-6-14-28)25-32(27-33)29-15-7-4-8-16-29/h3-27H,1-2H3. The van der Waals surface area contributed by atoms with E-state index < -0.39 is 7.14 Å². The van der Waals surface area contributed by atoms with Crippen molar-refractivity contribution < 1.29 is 4.57 Å². The summed E-state index contributed by atoms with van der Waals surface area (Å²) in [7, 11) is -2.33. The van der Waals surface area contributed by atoms with Crippen molar-refractivity contribution >= 4 is 34.0 Å². The zero-order valence-electron chi connectivity index (χ0n) is 23.8. The summed E-state index contributed by atoms with van der Waals surface area (Å²) in [6.07, 6.45) is 0. The molecule has 0 aliphatic heterocycles. The van der Waals surface area contributed by atoms with E-state index in [4.69, 9.17) is 0 Å². The molecule has 0 bridgehead atoms. The second kappa shape index (κ2) is 10.6. The molecule has 7 aromatic carbocycles. The summed E-state index contributed by atoms with van der Waals surface area (Å²) < 4.78 is 12.8. The summed E-state index contributed by atoms with van der Waals surface area (Å²) in [5.41, 5.74) is 9.57. The SMILES string of the molecule is CP(C)(=O)c1ccc(-c2c3ccccc3c(-c3cc(-c4ccccc4)cc(-c4ccccc4)c3)c3ccccc23)cc1. The fourth-order valence-electron chi connectivity index (χ4n) is 6.10. The third-order valence-electron chi connectivity index (χ3n) is 8.15. The molecule has 202 valence electrons. The number of rotatable bonds is 5. The van der Waals surface area contributed by atoms with E-state index in [1.54, 1.807) is 0 Å². The zero-order valence-corrected chi connectivity index (χ0v) is 24.7. The van der Waals surface area contributed by atoms with Gasteiger partial charge in [0.25, 0.3) is 0 Å². The van der Waals surface area contributed by atoms with Crippen molar-refractivity contribution in [1.82, 2.24) is 0 Å². The topological polar surface area (TPSA) is 17.1 Å². The molecular formula is C40H31OP. The lowest BCUT2D eigenvalue weighted by atomic mass is 9.84. The van der Waals surface area contributed by atoms with Crippen molar-refractivity contribution in [3.05, 3.63) is 152 Å². The van der Waals surface area contributed by atoms with Crippen LogP contribution in [0.4, 0.5) is 0 Å². The van der Waals surface area contributed by atoms with E-state index in [1.807, 2.05) is 25.5 Å². The van der Waals surface area contributed by atoms with Crippen molar-refractivity contribution in [3.8, 4) is 44.5 Å². The number of hydrogen-bond donors (Lipinski definition) is 0. The van der Waals surface area contributed by atoms with Crippen molar-refractivity contribution in [3.63, 3.8) is 0 Å². The van der Waals surface area contributed by atoms with Crippen LogP contribution in [0.2, 0.25) is 0 Å². The molecule has 2 heteroatoms. The molecule has 0 fully saturated rings. The number of hydrogen-bond acceptors (Lipinski definition) is 1. The van der Waals surface area contributed by atoms with Crippen molar-refractivity contribution in [2.45, 2.75) is 0 Å². The Balaban J connectivity index is 1.55. The fraction of sp³-hybridized carbons (Fsp3) is 0.0500. The van der Waals surface area contributed by atoms with Gasteiger partial charge < -0.3 is 4.57 Å². The Labute approximate surface area is 247 Å². The Hall–Kier alpha value is -4.71. The van der Waals surface area contributed by atoms with Gasteiger partial charge in [0.15, 0.2) is 0 Å². The molecule has 7 aromatic rings. The molecule has 42 heavy (non-hydrogen) atoms. The van der Waals surface area contributed by atoms with Crippen LogP contribution < -0.4 is 5.30 Å². The van der Waals surface area contributed by atoms with E-state index in [-0.39, 0.29) is 0 Å². The number of benzene rings is 7. The first-order chi connectivity index (χ1) is 20.5. The molecule has 0 atom stereocenters. The average molecular weight is 559 g/mol. The molecule has 0 radical (unpaired) electrons. The predicted octanol–water partition coefficient (Wildman–Crippen LogP) is 10.9. The highest BCUT2D eigenvalue weighted by atomic mass is 31.2. The molecule has 0 heterocycles. The van der Waals surface area contributed by atoms with E-state index in [1.165, 1.54) is 60.5 Å². The first-order valence-corrected chi connectivity index (χ1v) is 16.9. The zero-order chi connectivity index (χ0) is 28.7. The smallest absolute Gasteiger partial charge is 0.109 e. The Kier molecular flexibility index (Phi) is 6.62. The third kappa shape index (κ3) is 4.77. The van der Waals surface area contributed by atoms with Crippen LogP contribution in [-0.4, -0.2) is 13.3 Å². The van der Waals surface area contributed by atoms with Crippen molar-refractivity contribution in [1.29, 1.82) is 0 Å². The van der Waals surface area contributed by atoms with Crippen LogP contribution in [0.1, 0.15) is 0 Å². The first kappa shape index (κ1) is 26.2. The molecule has 1 nitrogen and oxygen atoms in total. The Morgan fingerprint density at radius 1 is 0.357 bits per heavy atom. The molecule has 7 rings (SSSR count). The Morgan fingerprint density at radius 2 is 0.714 bits per heavy atom. The molecule has 0 saturated carbocycles. The van der Waals surface area contributed by atoms with Gasteiger partial charge in [0, 0.05) is 5.30 Å². The van der Waals surface area contributed by atoms with Crippen LogP contribution in [0.3, 0.4) is 0 Å². The molecule has 0 spiro atoms. The minimum absolute atomic E-state index is 0.905. The van der Waals surface area contributed by atoms with E-state index in [9.17, 15) is 4.57 Å². The fourth-order valence-corrected chi connectivity index (χ4v) is 6.97. The quantitative estimate of drug-likeness (QED) is 0.152. The van der Waals surface area contributed by atoms with Crippen molar-refractivity contribution in [2.75, 3.05) is 13.3 Å². The van der Waals surface area contributed by atoms with Crippen molar-refractivity contribution in [2.24, 2.45) is 0 Å². The molecule has 0 amide bonds. The highest BCUT2D eigenvalue weighted by molar-refractivity contribution is 7.70. The van der Waals surface area contributed by atoms with Gasteiger partial charge >= 0.3 is 0 Å². The maximum atomic E-state index is 12.8. The summed E-state index contributed by atoms with van der Waals surface area (Å²) in [4.78, 5) is 0. The van der Waals surface area contributed by atoms with Gasteiger partial charge in [-0.1, -0.05) is 133 Å². The minimum Gasteiger partial charge on any atom is -0.319 e. The minimum atomic E-state index is -2.33. The van der Waals surface area contributed by atoms with Crippen LogP contribution in [0.25, 0.3) is 66.1 Å². The molecule has 0 aromatic heterocycles. The summed E-state index contributed by atoms with van der Waals surface area (Å²) in [6, 6.07) is 54.1. The van der Waals surface area contributed by atoms with Gasteiger partial charge in [0.1, 0.15) is 7.14 Å². The number of fused-ring (bicyclic) bond motifs is 2. The van der Waals surface area contributed by atoms with Gasteiger partial charge in [-0.05, 0) is 97.6 Å².